The Labute approximate surface area is 111 Å². The minimum absolute atomic E-state index is 0.0369. The van der Waals surface area contributed by atoms with Gasteiger partial charge in [0, 0.05) is 18.8 Å². The molecule has 1 amide bonds. The van der Waals surface area contributed by atoms with Gasteiger partial charge < -0.3 is 15.7 Å². The van der Waals surface area contributed by atoms with Gasteiger partial charge in [-0.05, 0) is 37.9 Å². The second-order valence-electron chi connectivity index (χ2n) is 4.54. The number of carboxylic acid groups (broad SMARTS) is 1. The molecule has 1 heterocycles. The number of carbonyl (C=O) groups excluding carboxylic acids is 1. The van der Waals surface area contributed by atoms with Crippen molar-refractivity contribution in [1.82, 2.24) is 15.6 Å². The van der Waals surface area contributed by atoms with Crippen LogP contribution in [0.4, 0.5) is 0 Å². The molecule has 6 heteroatoms. The quantitative estimate of drug-likeness (QED) is 0.628. The van der Waals surface area contributed by atoms with Crippen molar-refractivity contribution in [2.45, 2.75) is 25.3 Å². The Bertz CT molecular complexity index is 472. The summed E-state index contributed by atoms with van der Waals surface area (Å²) in [7, 11) is 0. The maximum atomic E-state index is 11.8. The van der Waals surface area contributed by atoms with Gasteiger partial charge in [0.2, 0.25) is 0 Å². The molecule has 0 aliphatic heterocycles. The van der Waals surface area contributed by atoms with E-state index in [1.807, 2.05) is 0 Å². The molecule has 1 saturated carbocycles. The van der Waals surface area contributed by atoms with Gasteiger partial charge in [0.1, 0.15) is 5.69 Å². The first kappa shape index (κ1) is 13.5. The minimum atomic E-state index is -1.14. The van der Waals surface area contributed by atoms with Crippen molar-refractivity contribution in [3.63, 3.8) is 0 Å². The van der Waals surface area contributed by atoms with Crippen molar-refractivity contribution in [1.29, 1.82) is 0 Å². The third-order valence-electron chi connectivity index (χ3n) is 2.90. The lowest BCUT2D eigenvalue weighted by Crippen LogP contribution is -2.29. The molecule has 6 nitrogen and oxygen atoms in total. The Morgan fingerprint density at radius 3 is 2.84 bits per heavy atom. The number of pyridine rings is 1. The van der Waals surface area contributed by atoms with Gasteiger partial charge in [-0.2, -0.15) is 0 Å². The molecule has 0 aromatic carbocycles. The van der Waals surface area contributed by atoms with Crippen LogP contribution in [0.3, 0.4) is 0 Å². The van der Waals surface area contributed by atoms with E-state index in [1.165, 1.54) is 31.2 Å². The van der Waals surface area contributed by atoms with Crippen LogP contribution in [0.1, 0.15) is 40.1 Å². The SMILES string of the molecule is O=C(O)c1cccnc1C(=O)NCCCNC1CC1. The number of hydrogen-bond donors (Lipinski definition) is 3. The van der Waals surface area contributed by atoms with E-state index in [9.17, 15) is 9.59 Å². The smallest absolute Gasteiger partial charge is 0.338 e. The Balaban J connectivity index is 1.79. The van der Waals surface area contributed by atoms with Crippen molar-refractivity contribution >= 4 is 11.9 Å². The average Bonchev–Trinajstić information content (AvgIpc) is 3.22. The molecule has 102 valence electrons. The molecule has 1 aliphatic rings. The van der Waals surface area contributed by atoms with Gasteiger partial charge in [0.25, 0.3) is 5.91 Å². The van der Waals surface area contributed by atoms with E-state index < -0.39 is 11.9 Å². The zero-order valence-electron chi connectivity index (χ0n) is 10.6. The summed E-state index contributed by atoms with van der Waals surface area (Å²) in [6, 6.07) is 3.53. The second-order valence-corrected chi connectivity index (χ2v) is 4.54. The van der Waals surface area contributed by atoms with E-state index in [0.717, 1.165) is 13.0 Å². The molecule has 1 fully saturated rings. The summed E-state index contributed by atoms with van der Waals surface area (Å²) in [5, 5.41) is 15.0. The van der Waals surface area contributed by atoms with Crippen LogP contribution >= 0.6 is 0 Å². The first-order valence-electron chi connectivity index (χ1n) is 6.38. The van der Waals surface area contributed by atoms with Gasteiger partial charge in [0.05, 0.1) is 5.56 Å². The Morgan fingerprint density at radius 2 is 2.16 bits per heavy atom. The first-order chi connectivity index (χ1) is 9.18. The average molecular weight is 263 g/mol. The molecule has 2 rings (SSSR count). The van der Waals surface area contributed by atoms with Crippen molar-refractivity contribution < 1.29 is 14.7 Å². The molecule has 3 N–H and O–H groups in total. The summed E-state index contributed by atoms with van der Waals surface area (Å²) in [5.74, 6) is -1.59. The molecule has 19 heavy (non-hydrogen) atoms. The standard InChI is InChI=1S/C13H17N3O3/c17-12(16-8-2-7-14-9-4-5-9)11-10(13(18)19)3-1-6-15-11/h1,3,6,9,14H,2,4-5,7-8H2,(H,16,17)(H,18,19). The molecule has 1 aromatic heterocycles. The van der Waals surface area contributed by atoms with Gasteiger partial charge in [-0.15, -0.1) is 0 Å². The summed E-state index contributed by atoms with van der Waals surface area (Å²) in [4.78, 5) is 26.6. The van der Waals surface area contributed by atoms with Gasteiger partial charge in [0.15, 0.2) is 0 Å². The number of carbonyl (C=O) groups is 2. The zero-order valence-corrected chi connectivity index (χ0v) is 10.6. The van der Waals surface area contributed by atoms with Crippen LogP contribution in [-0.4, -0.2) is 41.1 Å². The molecule has 0 atom stereocenters. The molecule has 0 spiro atoms. The second kappa shape index (κ2) is 6.29. The van der Waals surface area contributed by atoms with E-state index in [0.29, 0.717) is 12.6 Å². The van der Waals surface area contributed by atoms with E-state index in [4.69, 9.17) is 5.11 Å². The van der Waals surface area contributed by atoms with Crippen LogP contribution in [-0.2, 0) is 0 Å². The zero-order chi connectivity index (χ0) is 13.7. The fraction of sp³-hybridized carbons (Fsp3) is 0.462. The Morgan fingerprint density at radius 1 is 1.37 bits per heavy atom. The van der Waals surface area contributed by atoms with E-state index in [2.05, 4.69) is 15.6 Å². The normalized spacial score (nSPS) is 14.1. The Kier molecular flexibility index (Phi) is 4.46. The summed E-state index contributed by atoms with van der Waals surface area (Å²) in [6.45, 7) is 1.37. The predicted octanol–water partition coefficient (Wildman–Crippen LogP) is 0.652. The lowest BCUT2D eigenvalue weighted by atomic mass is 10.2. The highest BCUT2D eigenvalue weighted by Gasteiger charge is 2.20. The van der Waals surface area contributed by atoms with Gasteiger partial charge in [-0.3, -0.25) is 9.78 Å². The van der Waals surface area contributed by atoms with Crippen LogP contribution in [0.5, 0.6) is 0 Å². The molecular weight excluding hydrogens is 246 g/mol. The fourth-order valence-electron chi connectivity index (χ4n) is 1.73. The van der Waals surface area contributed by atoms with Gasteiger partial charge >= 0.3 is 5.97 Å². The van der Waals surface area contributed by atoms with E-state index in [1.54, 1.807) is 0 Å². The predicted molar refractivity (Wildman–Crippen MR) is 69.2 cm³/mol. The maximum absolute atomic E-state index is 11.8. The van der Waals surface area contributed by atoms with E-state index >= 15 is 0 Å². The van der Waals surface area contributed by atoms with Gasteiger partial charge in [-0.25, -0.2) is 4.79 Å². The summed E-state index contributed by atoms with van der Waals surface area (Å²) >= 11 is 0. The van der Waals surface area contributed by atoms with Crippen LogP contribution in [0.25, 0.3) is 0 Å². The largest absolute Gasteiger partial charge is 0.478 e. The third-order valence-corrected chi connectivity index (χ3v) is 2.90. The molecule has 0 radical (unpaired) electrons. The lowest BCUT2D eigenvalue weighted by molar-refractivity contribution is 0.0690. The molecule has 1 aromatic rings. The molecule has 0 bridgehead atoms. The molecular formula is C13H17N3O3. The number of nitrogens with zero attached hydrogens (tertiary/aromatic N) is 1. The third kappa shape index (κ3) is 4.03. The van der Waals surface area contributed by atoms with Crippen LogP contribution < -0.4 is 10.6 Å². The number of aromatic nitrogens is 1. The monoisotopic (exact) mass is 263 g/mol. The molecule has 1 aliphatic carbocycles. The molecule has 0 unspecified atom stereocenters. The van der Waals surface area contributed by atoms with Crippen molar-refractivity contribution in [3.05, 3.63) is 29.6 Å². The summed E-state index contributed by atoms with van der Waals surface area (Å²) in [5.41, 5.74) is -0.110. The summed E-state index contributed by atoms with van der Waals surface area (Å²) in [6.07, 6.45) is 4.71. The number of aromatic carboxylic acids is 1. The number of hydrogen-bond acceptors (Lipinski definition) is 4. The number of rotatable bonds is 7. The Hall–Kier alpha value is -1.95. The highest BCUT2D eigenvalue weighted by Crippen LogP contribution is 2.18. The van der Waals surface area contributed by atoms with Gasteiger partial charge in [-0.1, -0.05) is 0 Å². The van der Waals surface area contributed by atoms with Crippen LogP contribution in [0.2, 0.25) is 0 Å². The summed E-state index contributed by atoms with van der Waals surface area (Å²) < 4.78 is 0. The lowest BCUT2D eigenvalue weighted by Gasteiger charge is -2.07. The van der Waals surface area contributed by atoms with E-state index in [-0.39, 0.29) is 11.3 Å². The topological polar surface area (TPSA) is 91.3 Å². The number of amides is 1. The van der Waals surface area contributed by atoms with Crippen LogP contribution in [0.15, 0.2) is 18.3 Å². The fourth-order valence-corrected chi connectivity index (χ4v) is 1.73. The van der Waals surface area contributed by atoms with Crippen molar-refractivity contribution in [3.8, 4) is 0 Å². The van der Waals surface area contributed by atoms with Crippen molar-refractivity contribution in [2.75, 3.05) is 13.1 Å². The molecule has 0 saturated heterocycles. The maximum Gasteiger partial charge on any atom is 0.338 e. The van der Waals surface area contributed by atoms with Crippen LogP contribution in [0, 0.1) is 0 Å². The number of nitrogens with one attached hydrogen (secondary N) is 2. The van der Waals surface area contributed by atoms with Crippen molar-refractivity contribution in [2.24, 2.45) is 0 Å². The highest BCUT2D eigenvalue weighted by molar-refractivity contribution is 6.03. The number of carboxylic acids is 1. The highest BCUT2D eigenvalue weighted by atomic mass is 16.4. The minimum Gasteiger partial charge on any atom is -0.478 e. The first-order valence-corrected chi connectivity index (χ1v) is 6.38.